The van der Waals surface area contributed by atoms with E-state index in [1.165, 1.54) is 5.56 Å². The Morgan fingerprint density at radius 1 is 1.00 bits per heavy atom. The quantitative estimate of drug-likeness (QED) is 0.777. The number of piperidine rings is 1. The highest BCUT2D eigenvalue weighted by Gasteiger charge is 2.24. The van der Waals surface area contributed by atoms with Crippen LogP contribution in [-0.2, 0) is 17.6 Å². The Morgan fingerprint density at radius 3 is 2.41 bits per heavy atom. The number of likely N-dealkylation sites (tertiary alicyclic amines) is 1. The Hall–Kier alpha value is -2.95. The Balaban J connectivity index is 1.39. The molecule has 2 heterocycles. The molecule has 1 N–H and O–H groups in total. The number of H-pyrrole nitrogens is 1. The van der Waals surface area contributed by atoms with Gasteiger partial charge in [-0.1, -0.05) is 48.5 Å². The van der Waals surface area contributed by atoms with Crippen molar-refractivity contribution in [2.45, 2.75) is 25.7 Å². The second-order valence-electron chi connectivity index (χ2n) is 7.24. The molecule has 27 heavy (non-hydrogen) atoms. The monoisotopic (exact) mass is 361 g/mol. The maximum Gasteiger partial charge on any atom is 0.272 e. The van der Waals surface area contributed by atoms with Gasteiger partial charge in [-0.15, -0.1) is 0 Å². The van der Waals surface area contributed by atoms with E-state index in [9.17, 15) is 9.59 Å². The third-order valence-electron chi connectivity index (χ3n) is 5.43. The predicted octanol–water partition coefficient (Wildman–Crippen LogP) is 2.95. The summed E-state index contributed by atoms with van der Waals surface area (Å²) in [6, 6.07) is 17.8. The van der Waals surface area contributed by atoms with Crippen LogP contribution < -0.4 is 5.56 Å². The molecular formula is C22H23N3O2. The van der Waals surface area contributed by atoms with Crippen LogP contribution in [0.4, 0.5) is 0 Å². The maximum atomic E-state index is 12.8. The van der Waals surface area contributed by atoms with Crippen LogP contribution in [0.2, 0.25) is 0 Å². The molecule has 0 atom stereocenters. The number of aromatic nitrogens is 2. The molecule has 0 aliphatic carbocycles. The molecule has 1 aliphatic rings. The molecule has 1 fully saturated rings. The number of rotatable bonds is 4. The molecule has 0 unspecified atom stereocenters. The minimum absolute atomic E-state index is 0.0814. The van der Waals surface area contributed by atoms with Crippen molar-refractivity contribution < 1.29 is 4.79 Å². The highest BCUT2D eigenvalue weighted by molar-refractivity contribution is 5.88. The van der Waals surface area contributed by atoms with Gasteiger partial charge in [-0.3, -0.25) is 9.59 Å². The normalized spacial score (nSPS) is 15.2. The molecule has 3 aromatic rings. The van der Waals surface area contributed by atoms with Gasteiger partial charge in [0.15, 0.2) is 0 Å². The standard InChI is InChI=1S/C22H23N3O2/c26-21(15-20-18-8-4-5-9-19(18)22(27)24-23-20)25-12-10-17(11-13-25)14-16-6-2-1-3-7-16/h1-9,17H,10-15H2,(H,24,27). The molecular weight excluding hydrogens is 338 g/mol. The number of nitrogens with zero attached hydrogens (tertiary/aromatic N) is 2. The van der Waals surface area contributed by atoms with Gasteiger partial charge >= 0.3 is 0 Å². The third kappa shape index (κ3) is 3.92. The molecule has 0 bridgehead atoms. The van der Waals surface area contributed by atoms with E-state index in [0.717, 1.165) is 37.7 Å². The van der Waals surface area contributed by atoms with Gasteiger partial charge in [-0.05, 0) is 36.8 Å². The topological polar surface area (TPSA) is 66.1 Å². The number of carbonyl (C=O) groups is 1. The van der Waals surface area contributed by atoms with Crippen LogP contribution in [-0.4, -0.2) is 34.1 Å². The minimum Gasteiger partial charge on any atom is -0.342 e. The second-order valence-corrected chi connectivity index (χ2v) is 7.24. The fraction of sp³-hybridized carbons (Fsp3) is 0.318. The van der Waals surface area contributed by atoms with Crippen LogP contribution in [0.5, 0.6) is 0 Å². The summed E-state index contributed by atoms with van der Waals surface area (Å²) in [5.41, 5.74) is 1.79. The largest absolute Gasteiger partial charge is 0.342 e. The summed E-state index contributed by atoms with van der Waals surface area (Å²) in [5.74, 6) is 0.710. The van der Waals surface area contributed by atoms with E-state index in [1.807, 2.05) is 29.2 Å². The second kappa shape index (κ2) is 7.74. The van der Waals surface area contributed by atoms with Crippen LogP contribution >= 0.6 is 0 Å². The Kier molecular flexibility index (Phi) is 5.01. The summed E-state index contributed by atoms with van der Waals surface area (Å²) >= 11 is 0. The predicted molar refractivity (Wildman–Crippen MR) is 106 cm³/mol. The van der Waals surface area contributed by atoms with Crippen molar-refractivity contribution in [3.63, 3.8) is 0 Å². The molecule has 1 saturated heterocycles. The molecule has 1 aromatic heterocycles. The molecule has 1 aliphatic heterocycles. The summed E-state index contributed by atoms with van der Waals surface area (Å²) in [6.07, 6.45) is 3.36. The number of carbonyl (C=O) groups excluding carboxylic acids is 1. The van der Waals surface area contributed by atoms with Crippen LogP contribution in [0.1, 0.15) is 24.1 Å². The molecule has 4 rings (SSSR count). The summed E-state index contributed by atoms with van der Waals surface area (Å²) < 4.78 is 0. The van der Waals surface area contributed by atoms with Crippen LogP contribution in [0.25, 0.3) is 10.8 Å². The van der Waals surface area contributed by atoms with Gasteiger partial charge in [0.05, 0.1) is 17.5 Å². The van der Waals surface area contributed by atoms with Crippen LogP contribution in [0, 0.1) is 5.92 Å². The molecule has 0 saturated carbocycles. The van der Waals surface area contributed by atoms with E-state index in [1.54, 1.807) is 6.07 Å². The van der Waals surface area contributed by atoms with Gasteiger partial charge in [0, 0.05) is 18.5 Å². The van der Waals surface area contributed by atoms with Gasteiger partial charge in [-0.25, -0.2) is 5.10 Å². The molecule has 138 valence electrons. The summed E-state index contributed by atoms with van der Waals surface area (Å²) in [4.78, 5) is 26.6. The molecule has 5 nitrogen and oxygen atoms in total. The lowest BCUT2D eigenvalue weighted by Crippen LogP contribution is -2.40. The zero-order chi connectivity index (χ0) is 18.6. The zero-order valence-corrected chi connectivity index (χ0v) is 15.2. The number of hydrogen-bond donors (Lipinski definition) is 1. The Bertz CT molecular complexity index is 989. The molecule has 0 radical (unpaired) electrons. The third-order valence-corrected chi connectivity index (χ3v) is 5.43. The van der Waals surface area contributed by atoms with Gasteiger partial charge in [0.25, 0.3) is 5.56 Å². The summed E-state index contributed by atoms with van der Waals surface area (Å²) in [6.45, 7) is 1.58. The first-order chi connectivity index (χ1) is 13.2. The fourth-order valence-corrected chi connectivity index (χ4v) is 3.90. The highest BCUT2D eigenvalue weighted by Crippen LogP contribution is 2.22. The lowest BCUT2D eigenvalue weighted by atomic mass is 9.90. The summed E-state index contributed by atoms with van der Waals surface area (Å²) in [5, 5.41) is 7.97. The molecule has 5 heteroatoms. The van der Waals surface area contributed by atoms with E-state index >= 15 is 0 Å². The summed E-state index contributed by atoms with van der Waals surface area (Å²) in [7, 11) is 0. The van der Waals surface area contributed by atoms with Crippen LogP contribution in [0.15, 0.2) is 59.4 Å². The maximum absolute atomic E-state index is 12.8. The zero-order valence-electron chi connectivity index (χ0n) is 15.2. The van der Waals surface area contributed by atoms with E-state index in [4.69, 9.17) is 0 Å². The lowest BCUT2D eigenvalue weighted by molar-refractivity contribution is -0.131. The van der Waals surface area contributed by atoms with Crippen molar-refractivity contribution in [3.8, 4) is 0 Å². The SMILES string of the molecule is O=C(Cc1n[nH]c(=O)c2ccccc12)N1CCC(Cc2ccccc2)CC1. The number of aromatic amines is 1. The van der Waals surface area contributed by atoms with Crippen molar-refractivity contribution in [2.24, 2.45) is 5.92 Å². The first kappa shape index (κ1) is 17.5. The van der Waals surface area contributed by atoms with Crippen molar-refractivity contribution >= 4 is 16.7 Å². The average Bonchev–Trinajstić information content (AvgIpc) is 2.71. The molecule has 0 spiro atoms. The van der Waals surface area contributed by atoms with E-state index in [2.05, 4.69) is 34.5 Å². The smallest absolute Gasteiger partial charge is 0.272 e. The van der Waals surface area contributed by atoms with E-state index in [-0.39, 0.29) is 17.9 Å². The Labute approximate surface area is 158 Å². The number of amides is 1. The number of benzene rings is 2. The van der Waals surface area contributed by atoms with Crippen LogP contribution in [0.3, 0.4) is 0 Å². The van der Waals surface area contributed by atoms with Gasteiger partial charge in [0.2, 0.25) is 5.91 Å². The fourth-order valence-electron chi connectivity index (χ4n) is 3.90. The van der Waals surface area contributed by atoms with Crippen molar-refractivity contribution in [1.82, 2.24) is 15.1 Å². The van der Waals surface area contributed by atoms with E-state index < -0.39 is 0 Å². The first-order valence-corrected chi connectivity index (χ1v) is 9.48. The highest BCUT2D eigenvalue weighted by atomic mass is 16.2. The lowest BCUT2D eigenvalue weighted by Gasteiger charge is -2.32. The minimum atomic E-state index is -0.219. The van der Waals surface area contributed by atoms with Crippen molar-refractivity contribution in [1.29, 1.82) is 0 Å². The number of fused-ring (bicyclic) bond motifs is 1. The number of nitrogens with one attached hydrogen (secondary N) is 1. The van der Waals surface area contributed by atoms with Gasteiger partial charge in [-0.2, -0.15) is 5.10 Å². The molecule has 2 aromatic carbocycles. The van der Waals surface area contributed by atoms with E-state index in [0.29, 0.717) is 17.0 Å². The van der Waals surface area contributed by atoms with Gasteiger partial charge < -0.3 is 4.90 Å². The Morgan fingerprint density at radius 2 is 1.67 bits per heavy atom. The van der Waals surface area contributed by atoms with Crippen molar-refractivity contribution in [3.05, 3.63) is 76.2 Å². The number of hydrogen-bond acceptors (Lipinski definition) is 3. The average molecular weight is 361 g/mol. The van der Waals surface area contributed by atoms with Crippen molar-refractivity contribution in [2.75, 3.05) is 13.1 Å². The first-order valence-electron chi connectivity index (χ1n) is 9.48. The van der Waals surface area contributed by atoms with Gasteiger partial charge in [0.1, 0.15) is 0 Å². The molecule has 1 amide bonds.